The molecule has 35 heavy (non-hydrogen) atoms. The van der Waals surface area contributed by atoms with Gasteiger partial charge in [0.2, 0.25) is 5.91 Å². The maximum Gasteiger partial charge on any atom is 0.234 e. The number of aromatic nitrogens is 5. The third-order valence-electron chi connectivity index (χ3n) is 5.54. The van der Waals surface area contributed by atoms with Gasteiger partial charge in [-0.2, -0.15) is 5.10 Å². The van der Waals surface area contributed by atoms with Gasteiger partial charge in [-0.05, 0) is 61.4 Å². The first-order valence-electron chi connectivity index (χ1n) is 11.6. The van der Waals surface area contributed by atoms with E-state index in [2.05, 4.69) is 22.4 Å². The van der Waals surface area contributed by atoms with Gasteiger partial charge in [0.1, 0.15) is 11.3 Å². The average Bonchev–Trinajstić information content (AvgIpc) is 3.47. The highest BCUT2D eigenvalue weighted by atomic mass is 32.2. The van der Waals surface area contributed by atoms with Crippen molar-refractivity contribution in [3.05, 3.63) is 72.6 Å². The van der Waals surface area contributed by atoms with E-state index in [1.807, 2.05) is 78.3 Å². The van der Waals surface area contributed by atoms with Crippen molar-refractivity contribution in [2.75, 3.05) is 17.7 Å². The summed E-state index contributed by atoms with van der Waals surface area (Å²) >= 11 is 1.34. The number of anilines is 1. The number of rotatable bonds is 9. The molecule has 5 aromatic rings. The quantitative estimate of drug-likeness (QED) is 0.226. The Morgan fingerprint density at radius 3 is 2.74 bits per heavy atom. The molecular formula is C26H26N6O2S. The van der Waals surface area contributed by atoms with E-state index in [-0.39, 0.29) is 11.7 Å². The van der Waals surface area contributed by atoms with Crippen LogP contribution in [-0.4, -0.2) is 42.5 Å². The van der Waals surface area contributed by atoms with Crippen LogP contribution in [0.15, 0.2) is 72.1 Å². The molecule has 0 aliphatic rings. The number of carbonyl (C=O) groups excluding carboxylic acids is 1. The van der Waals surface area contributed by atoms with Crippen LogP contribution >= 0.6 is 11.8 Å². The standard InChI is InChI=1S/C26H26N6O2S/c1-3-4-14-34-21-10-8-19(9-11-21)22-16-23-25-28-29-26(31(25)12-13-32(23)30-22)35-17-24(33)27-20-7-5-6-18(2)15-20/h5-13,15-16H,3-4,14,17H2,1-2H3,(H,27,33). The van der Waals surface area contributed by atoms with Crippen LogP contribution in [0.2, 0.25) is 0 Å². The number of hydrogen-bond donors (Lipinski definition) is 1. The van der Waals surface area contributed by atoms with E-state index in [1.165, 1.54) is 11.8 Å². The van der Waals surface area contributed by atoms with Crippen molar-refractivity contribution in [2.24, 2.45) is 0 Å². The van der Waals surface area contributed by atoms with Crippen molar-refractivity contribution in [3.63, 3.8) is 0 Å². The maximum absolute atomic E-state index is 12.4. The summed E-state index contributed by atoms with van der Waals surface area (Å²) in [7, 11) is 0. The predicted octanol–water partition coefficient (Wildman–Crippen LogP) is 5.26. The molecule has 2 aromatic carbocycles. The van der Waals surface area contributed by atoms with Crippen LogP contribution in [0.25, 0.3) is 22.4 Å². The number of benzene rings is 2. The van der Waals surface area contributed by atoms with Crippen LogP contribution < -0.4 is 10.1 Å². The molecule has 0 aliphatic carbocycles. The zero-order valence-electron chi connectivity index (χ0n) is 19.6. The number of hydrogen-bond acceptors (Lipinski definition) is 6. The number of aryl methyl sites for hydroxylation is 1. The zero-order chi connectivity index (χ0) is 24.2. The largest absolute Gasteiger partial charge is 0.494 e. The molecule has 0 fully saturated rings. The Kier molecular flexibility index (Phi) is 6.67. The lowest BCUT2D eigenvalue weighted by atomic mass is 10.1. The van der Waals surface area contributed by atoms with E-state index in [1.54, 1.807) is 4.52 Å². The number of nitrogens with one attached hydrogen (secondary N) is 1. The minimum atomic E-state index is -0.0906. The summed E-state index contributed by atoms with van der Waals surface area (Å²) in [6.45, 7) is 4.86. The highest BCUT2D eigenvalue weighted by Crippen LogP contribution is 2.26. The van der Waals surface area contributed by atoms with Gasteiger partial charge >= 0.3 is 0 Å². The van der Waals surface area contributed by atoms with Crippen LogP contribution in [0.1, 0.15) is 25.3 Å². The van der Waals surface area contributed by atoms with Crippen molar-refractivity contribution < 1.29 is 9.53 Å². The lowest BCUT2D eigenvalue weighted by molar-refractivity contribution is -0.113. The molecule has 3 heterocycles. The summed E-state index contributed by atoms with van der Waals surface area (Å²) in [5, 5.41) is 16.9. The fraction of sp³-hybridized carbons (Fsp3) is 0.231. The molecule has 9 heteroatoms. The van der Waals surface area contributed by atoms with Gasteiger partial charge in [0.15, 0.2) is 10.8 Å². The summed E-state index contributed by atoms with van der Waals surface area (Å²) < 4.78 is 9.44. The van der Waals surface area contributed by atoms with E-state index in [9.17, 15) is 4.79 Å². The second-order valence-corrected chi connectivity index (χ2v) is 9.21. The molecule has 1 N–H and O–H groups in total. The van der Waals surface area contributed by atoms with Crippen LogP contribution in [0.4, 0.5) is 5.69 Å². The third kappa shape index (κ3) is 5.14. The fourth-order valence-corrected chi connectivity index (χ4v) is 4.45. The monoisotopic (exact) mass is 486 g/mol. The Labute approximate surface area is 207 Å². The van der Waals surface area contributed by atoms with E-state index in [0.29, 0.717) is 10.8 Å². The summed E-state index contributed by atoms with van der Waals surface area (Å²) in [5.74, 6) is 1.00. The smallest absolute Gasteiger partial charge is 0.234 e. The first kappa shape index (κ1) is 22.9. The Morgan fingerprint density at radius 2 is 1.94 bits per heavy atom. The van der Waals surface area contributed by atoms with Gasteiger partial charge in [-0.1, -0.05) is 37.2 Å². The van der Waals surface area contributed by atoms with Crippen LogP contribution in [0.5, 0.6) is 5.75 Å². The molecular weight excluding hydrogens is 460 g/mol. The number of carbonyl (C=O) groups is 1. The minimum Gasteiger partial charge on any atom is -0.494 e. The second kappa shape index (κ2) is 10.2. The molecule has 0 atom stereocenters. The second-order valence-electron chi connectivity index (χ2n) is 8.27. The Hall–Kier alpha value is -3.85. The Bertz CT molecular complexity index is 1470. The maximum atomic E-state index is 12.4. The lowest BCUT2D eigenvalue weighted by Crippen LogP contribution is -2.14. The van der Waals surface area contributed by atoms with Crippen LogP contribution in [0, 0.1) is 6.92 Å². The number of thioether (sulfide) groups is 1. The number of unbranched alkanes of at least 4 members (excludes halogenated alkanes) is 1. The molecule has 178 valence electrons. The Balaban J connectivity index is 1.31. The highest BCUT2D eigenvalue weighted by Gasteiger charge is 2.14. The predicted molar refractivity (Wildman–Crippen MR) is 138 cm³/mol. The van der Waals surface area contributed by atoms with Crippen molar-refractivity contribution in [3.8, 4) is 17.0 Å². The summed E-state index contributed by atoms with van der Waals surface area (Å²) in [4.78, 5) is 12.4. The average molecular weight is 487 g/mol. The van der Waals surface area contributed by atoms with Gasteiger partial charge in [0.25, 0.3) is 0 Å². The number of nitrogens with zero attached hydrogens (tertiary/aromatic N) is 5. The molecule has 0 spiro atoms. The summed E-state index contributed by atoms with van der Waals surface area (Å²) in [5.41, 5.74) is 5.25. The molecule has 0 saturated carbocycles. The highest BCUT2D eigenvalue weighted by molar-refractivity contribution is 7.99. The van der Waals surface area contributed by atoms with Gasteiger partial charge in [0.05, 0.1) is 18.1 Å². The topological polar surface area (TPSA) is 85.8 Å². The van der Waals surface area contributed by atoms with Gasteiger partial charge in [0, 0.05) is 23.6 Å². The van der Waals surface area contributed by atoms with Crippen LogP contribution in [0.3, 0.4) is 0 Å². The van der Waals surface area contributed by atoms with Crippen molar-refractivity contribution in [2.45, 2.75) is 31.8 Å². The van der Waals surface area contributed by atoms with E-state index in [0.717, 1.165) is 53.2 Å². The molecule has 0 aliphatic heterocycles. The normalized spacial score (nSPS) is 11.3. The lowest BCUT2D eigenvalue weighted by Gasteiger charge is -2.05. The Morgan fingerprint density at radius 1 is 1.09 bits per heavy atom. The zero-order valence-corrected chi connectivity index (χ0v) is 20.5. The molecule has 0 saturated heterocycles. The summed E-state index contributed by atoms with van der Waals surface area (Å²) in [6, 6.07) is 17.7. The molecule has 5 rings (SSSR count). The fourth-order valence-electron chi connectivity index (χ4n) is 3.74. The van der Waals surface area contributed by atoms with E-state index >= 15 is 0 Å². The SMILES string of the molecule is CCCCOc1ccc(-c2cc3c4nnc(SCC(=O)Nc5cccc(C)c5)n4ccn3n2)cc1. The van der Waals surface area contributed by atoms with Crippen LogP contribution in [-0.2, 0) is 4.79 Å². The van der Waals surface area contributed by atoms with Crippen molar-refractivity contribution >= 4 is 34.5 Å². The molecule has 0 radical (unpaired) electrons. The van der Waals surface area contributed by atoms with E-state index < -0.39 is 0 Å². The van der Waals surface area contributed by atoms with Crippen molar-refractivity contribution in [1.82, 2.24) is 24.2 Å². The van der Waals surface area contributed by atoms with Gasteiger partial charge in [-0.3, -0.25) is 9.20 Å². The molecule has 1 amide bonds. The molecule has 0 unspecified atom stereocenters. The first-order valence-corrected chi connectivity index (χ1v) is 12.5. The number of fused-ring (bicyclic) bond motifs is 3. The molecule has 0 bridgehead atoms. The van der Waals surface area contributed by atoms with Gasteiger partial charge < -0.3 is 10.1 Å². The first-order chi connectivity index (χ1) is 17.1. The van der Waals surface area contributed by atoms with Crippen molar-refractivity contribution in [1.29, 1.82) is 0 Å². The van der Waals surface area contributed by atoms with Gasteiger partial charge in [-0.15, -0.1) is 10.2 Å². The minimum absolute atomic E-state index is 0.0906. The number of amides is 1. The van der Waals surface area contributed by atoms with Gasteiger partial charge in [-0.25, -0.2) is 4.52 Å². The third-order valence-corrected chi connectivity index (χ3v) is 6.48. The van der Waals surface area contributed by atoms with E-state index in [4.69, 9.17) is 9.84 Å². The molecule has 3 aromatic heterocycles. The summed E-state index contributed by atoms with van der Waals surface area (Å²) in [6.07, 6.45) is 5.89. The number of ether oxygens (including phenoxy) is 1. The molecule has 8 nitrogen and oxygen atoms in total.